The Morgan fingerprint density at radius 2 is 1.77 bits per heavy atom. The highest BCUT2D eigenvalue weighted by Gasteiger charge is 2.49. The zero-order valence-corrected chi connectivity index (χ0v) is 18.4. The molecule has 0 saturated heterocycles. The van der Waals surface area contributed by atoms with Gasteiger partial charge in [0.05, 0.1) is 6.54 Å². The van der Waals surface area contributed by atoms with E-state index in [0.29, 0.717) is 12.2 Å². The van der Waals surface area contributed by atoms with E-state index < -0.39 is 5.54 Å². The van der Waals surface area contributed by atoms with Crippen LogP contribution in [0.2, 0.25) is 0 Å². The van der Waals surface area contributed by atoms with Gasteiger partial charge in [-0.15, -0.1) is 0 Å². The number of aromatic nitrogens is 1. The van der Waals surface area contributed by atoms with Gasteiger partial charge < -0.3 is 9.88 Å². The monoisotopic (exact) mass is 415 g/mol. The van der Waals surface area contributed by atoms with Gasteiger partial charge in [0.25, 0.3) is 5.91 Å². The highest BCUT2D eigenvalue weighted by atomic mass is 16.2. The zero-order valence-electron chi connectivity index (χ0n) is 18.4. The van der Waals surface area contributed by atoms with Gasteiger partial charge in [-0.1, -0.05) is 37.1 Å². The van der Waals surface area contributed by atoms with Crippen molar-refractivity contribution in [1.29, 1.82) is 0 Å². The van der Waals surface area contributed by atoms with Crippen molar-refractivity contribution in [2.75, 3.05) is 4.90 Å². The third kappa shape index (κ3) is 3.14. The highest BCUT2D eigenvalue weighted by Crippen LogP contribution is 2.37. The van der Waals surface area contributed by atoms with Gasteiger partial charge in [-0.2, -0.15) is 0 Å². The number of carbonyl (C=O) groups excluding carboxylic acids is 2. The summed E-state index contributed by atoms with van der Waals surface area (Å²) < 4.78 is 2.02. The lowest BCUT2D eigenvalue weighted by atomic mass is 9.92. The molecule has 1 atom stereocenters. The van der Waals surface area contributed by atoms with Crippen LogP contribution in [0.1, 0.15) is 54.2 Å². The first-order valence-electron chi connectivity index (χ1n) is 11.2. The Morgan fingerprint density at radius 1 is 1.03 bits per heavy atom. The first-order chi connectivity index (χ1) is 14.9. The fourth-order valence-corrected chi connectivity index (χ4v) is 5.13. The standard InChI is InChI=1S/C26H29N3O2/c1-17-12-13-21(14-18(17)2)29-24(30)23-15-19-8-4-7-11-22(19)28(23)16-26(29,3)25(31)27-20-9-5-6-10-20/h4,7-8,11-15,20H,5-6,9-10,16H2,1-3H3,(H,27,31)/t26-/m1/s1. The average Bonchev–Trinajstić information content (AvgIpc) is 3.38. The van der Waals surface area contributed by atoms with Gasteiger partial charge in [-0.3, -0.25) is 14.5 Å². The van der Waals surface area contributed by atoms with Gasteiger partial charge >= 0.3 is 0 Å². The highest BCUT2D eigenvalue weighted by molar-refractivity contribution is 6.14. The minimum atomic E-state index is -1.02. The number of fused-ring (bicyclic) bond motifs is 3. The number of nitrogens with one attached hydrogen (secondary N) is 1. The van der Waals surface area contributed by atoms with Crippen LogP contribution in [0.25, 0.3) is 10.9 Å². The molecule has 1 N–H and O–H groups in total. The lowest BCUT2D eigenvalue weighted by molar-refractivity contribution is -0.127. The molecule has 1 fully saturated rings. The first kappa shape index (κ1) is 19.9. The largest absolute Gasteiger partial charge is 0.351 e. The molecule has 1 aromatic heterocycles. The summed E-state index contributed by atoms with van der Waals surface area (Å²) in [6.07, 6.45) is 4.32. The maximum Gasteiger partial charge on any atom is 0.275 e. The van der Waals surface area contributed by atoms with Crippen molar-refractivity contribution in [2.24, 2.45) is 0 Å². The molecule has 0 unspecified atom stereocenters. The van der Waals surface area contributed by atoms with Gasteiger partial charge in [-0.25, -0.2) is 0 Å². The molecule has 0 spiro atoms. The van der Waals surface area contributed by atoms with Gasteiger partial charge in [0.1, 0.15) is 11.2 Å². The van der Waals surface area contributed by atoms with E-state index in [2.05, 4.69) is 12.2 Å². The maximum atomic E-state index is 13.9. The predicted molar refractivity (Wildman–Crippen MR) is 123 cm³/mol. The smallest absolute Gasteiger partial charge is 0.275 e. The summed E-state index contributed by atoms with van der Waals surface area (Å²) in [5.41, 5.74) is 3.65. The van der Waals surface area contributed by atoms with Crippen molar-refractivity contribution >= 4 is 28.4 Å². The Bertz CT molecular complexity index is 1190. The van der Waals surface area contributed by atoms with Crippen LogP contribution in [0.3, 0.4) is 0 Å². The Kier molecular flexibility index (Phi) is 4.65. The lowest BCUT2D eigenvalue weighted by Gasteiger charge is -2.44. The zero-order chi connectivity index (χ0) is 21.8. The summed E-state index contributed by atoms with van der Waals surface area (Å²) in [7, 11) is 0. The summed E-state index contributed by atoms with van der Waals surface area (Å²) in [5.74, 6) is -0.204. The lowest BCUT2D eigenvalue weighted by Crippen LogP contribution is -2.65. The minimum Gasteiger partial charge on any atom is -0.351 e. The molecule has 2 aromatic carbocycles. The molecular weight excluding hydrogens is 386 g/mol. The van der Waals surface area contributed by atoms with E-state index in [4.69, 9.17) is 0 Å². The van der Waals surface area contributed by atoms with E-state index in [1.54, 1.807) is 4.90 Å². The van der Waals surface area contributed by atoms with E-state index in [1.165, 1.54) is 5.56 Å². The van der Waals surface area contributed by atoms with Crippen LogP contribution in [-0.2, 0) is 11.3 Å². The van der Waals surface area contributed by atoms with E-state index >= 15 is 0 Å². The minimum absolute atomic E-state index is 0.0746. The molecule has 1 saturated carbocycles. The molecule has 2 aliphatic rings. The third-order valence-electron chi connectivity index (χ3n) is 7.12. The molecule has 5 heteroatoms. The van der Waals surface area contributed by atoms with Crippen LogP contribution >= 0.6 is 0 Å². The maximum absolute atomic E-state index is 13.9. The quantitative estimate of drug-likeness (QED) is 0.672. The SMILES string of the molecule is Cc1ccc(N2C(=O)c3cc4ccccc4n3C[C@]2(C)C(=O)NC2CCCC2)cc1C. The molecule has 5 rings (SSSR count). The van der Waals surface area contributed by atoms with Crippen LogP contribution in [0.4, 0.5) is 5.69 Å². The third-order valence-corrected chi connectivity index (χ3v) is 7.12. The summed E-state index contributed by atoms with van der Waals surface area (Å²) in [6, 6.07) is 16.1. The topological polar surface area (TPSA) is 54.3 Å². The Labute approximate surface area is 183 Å². The van der Waals surface area contributed by atoms with Crippen molar-refractivity contribution in [3.63, 3.8) is 0 Å². The molecule has 31 heavy (non-hydrogen) atoms. The molecule has 1 aliphatic heterocycles. The predicted octanol–water partition coefficient (Wildman–Crippen LogP) is 4.74. The molecule has 0 bridgehead atoms. The Morgan fingerprint density at radius 3 is 2.52 bits per heavy atom. The number of amides is 2. The van der Waals surface area contributed by atoms with Crippen molar-refractivity contribution in [2.45, 2.75) is 64.6 Å². The molecule has 2 heterocycles. The summed E-state index contributed by atoms with van der Waals surface area (Å²) in [5, 5.41) is 4.28. The Hall–Kier alpha value is -3.08. The summed E-state index contributed by atoms with van der Waals surface area (Å²) in [4.78, 5) is 29.3. The van der Waals surface area contributed by atoms with Gasteiger partial charge in [0.2, 0.25) is 5.91 Å². The number of rotatable bonds is 3. The van der Waals surface area contributed by atoms with E-state index in [-0.39, 0.29) is 17.9 Å². The molecule has 5 nitrogen and oxygen atoms in total. The van der Waals surface area contributed by atoms with Crippen LogP contribution in [0, 0.1) is 13.8 Å². The van der Waals surface area contributed by atoms with Crippen molar-refractivity contribution in [3.8, 4) is 0 Å². The second kappa shape index (κ2) is 7.26. The number of anilines is 1. The number of hydrogen-bond acceptors (Lipinski definition) is 2. The van der Waals surface area contributed by atoms with Crippen molar-refractivity contribution in [3.05, 3.63) is 65.4 Å². The van der Waals surface area contributed by atoms with E-state index in [0.717, 1.165) is 47.8 Å². The second-order valence-corrected chi connectivity index (χ2v) is 9.31. The van der Waals surface area contributed by atoms with E-state index in [1.807, 2.05) is 66.9 Å². The molecule has 0 radical (unpaired) electrons. The van der Waals surface area contributed by atoms with Gasteiger partial charge in [-0.05, 0) is 69.0 Å². The second-order valence-electron chi connectivity index (χ2n) is 9.31. The first-order valence-corrected chi connectivity index (χ1v) is 11.2. The molecule has 3 aromatic rings. The molecule has 1 aliphatic carbocycles. The number of benzene rings is 2. The summed E-state index contributed by atoms with van der Waals surface area (Å²) in [6.45, 7) is 6.43. The average molecular weight is 416 g/mol. The number of aryl methyl sites for hydroxylation is 2. The summed E-state index contributed by atoms with van der Waals surface area (Å²) >= 11 is 0. The fraction of sp³-hybridized carbons (Fsp3) is 0.385. The Balaban J connectivity index is 1.65. The number of hydrogen-bond donors (Lipinski definition) is 1. The van der Waals surface area contributed by atoms with Crippen LogP contribution in [0.15, 0.2) is 48.5 Å². The molecule has 2 amide bonds. The number of carbonyl (C=O) groups is 2. The van der Waals surface area contributed by atoms with Crippen LogP contribution in [-0.4, -0.2) is 28.0 Å². The van der Waals surface area contributed by atoms with Crippen LogP contribution < -0.4 is 10.2 Å². The number of para-hydroxylation sites is 1. The molecular formula is C26H29N3O2. The van der Waals surface area contributed by atoms with Crippen LogP contribution in [0.5, 0.6) is 0 Å². The van der Waals surface area contributed by atoms with Crippen molar-refractivity contribution in [1.82, 2.24) is 9.88 Å². The molecule has 160 valence electrons. The van der Waals surface area contributed by atoms with Crippen molar-refractivity contribution < 1.29 is 9.59 Å². The normalized spacial score (nSPS) is 21.5. The fourth-order valence-electron chi connectivity index (χ4n) is 5.13. The number of nitrogens with zero attached hydrogens (tertiary/aromatic N) is 2. The van der Waals surface area contributed by atoms with E-state index in [9.17, 15) is 9.59 Å². The van der Waals surface area contributed by atoms with Gasteiger partial charge in [0, 0.05) is 22.6 Å². The van der Waals surface area contributed by atoms with Gasteiger partial charge in [0.15, 0.2) is 0 Å².